The summed E-state index contributed by atoms with van der Waals surface area (Å²) in [5.41, 5.74) is 5.40. The van der Waals surface area contributed by atoms with E-state index < -0.39 is 42.6 Å². The predicted octanol–water partition coefficient (Wildman–Crippen LogP) is -2.94. The average molecular weight is 323 g/mol. The molecule has 5 atom stereocenters. The lowest BCUT2D eigenvalue weighted by Crippen LogP contribution is -2.54. The Bertz CT molecular complexity index is 376. The zero-order valence-electron chi connectivity index (χ0n) is 12.2. The van der Waals surface area contributed by atoms with E-state index in [0.29, 0.717) is 0 Å². The summed E-state index contributed by atoms with van der Waals surface area (Å²) >= 11 is 0. The minimum atomic E-state index is -1.82. The Morgan fingerprint density at radius 3 is 2.09 bits per heavy atom. The number of aldehydes is 1. The second kappa shape index (κ2) is 10.2. The normalized spacial score (nSPS) is 17.7. The molecular formula is C12H21NO9. The molecule has 22 heavy (non-hydrogen) atoms. The van der Waals surface area contributed by atoms with Gasteiger partial charge in [-0.25, -0.2) is 0 Å². The Morgan fingerprint density at radius 2 is 1.64 bits per heavy atom. The Labute approximate surface area is 126 Å². The molecule has 10 nitrogen and oxygen atoms in total. The Hall–Kier alpha value is -1.59. The fourth-order valence-corrected chi connectivity index (χ4v) is 1.53. The van der Waals surface area contributed by atoms with Gasteiger partial charge in [0, 0.05) is 7.11 Å². The number of aliphatic hydroxyl groups is 3. The molecule has 0 rings (SSSR count). The van der Waals surface area contributed by atoms with Crippen LogP contribution >= 0.6 is 0 Å². The zero-order chi connectivity index (χ0) is 17.3. The minimum Gasteiger partial charge on any atom is -0.469 e. The standard InChI is InChI=1S/C12H21NO9/c1-20-7(16)3-4-8(17)22-12(13)10(19)9(18)11(21-2)6(15)5-14/h5-6,9-12,15,18-19H,3-4,13H2,1-2H3/t6-,9+,10-,11+,12+/m0/s1. The van der Waals surface area contributed by atoms with Gasteiger partial charge < -0.3 is 34.3 Å². The highest BCUT2D eigenvalue weighted by molar-refractivity contribution is 5.77. The van der Waals surface area contributed by atoms with Crippen LogP contribution in [0.25, 0.3) is 0 Å². The number of ether oxygens (including phenoxy) is 3. The summed E-state index contributed by atoms with van der Waals surface area (Å²) in [5.74, 6) is -1.52. The van der Waals surface area contributed by atoms with Gasteiger partial charge in [-0.05, 0) is 0 Å². The van der Waals surface area contributed by atoms with Gasteiger partial charge in [0.2, 0.25) is 0 Å². The Morgan fingerprint density at radius 1 is 1.09 bits per heavy atom. The summed E-state index contributed by atoms with van der Waals surface area (Å²) in [6.07, 6.45) is -8.84. The first-order valence-corrected chi connectivity index (χ1v) is 6.32. The lowest BCUT2D eigenvalue weighted by atomic mass is 10.0. The van der Waals surface area contributed by atoms with Crippen LogP contribution in [0.5, 0.6) is 0 Å². The molecule has 0 fully saturated rings. The minimum absolute atomic E-state index is 0.109. The third-order valence-corrected chi connectivity index (χ3v) is 2.80. The molecule has 0 aromatic carbocycles. The van der Waals surface area contributed by atoms with Crippen molar-refractivity contribution in [3.05, 3.63) is 0 Å². The number of aliphatic hydroxyl groups excluding tert-OH is 3. The van der Waals surface area contributed by atoms with Gasteiger partial charge in [0.05, 0.1) is 20.0 Å². The first-order valence-electron chi connectivity index (χ1n) is 6.32. The number of hydrogen-bond acceptors (Lipinski definition) is 10. The predicted molar refractivity (Wildman–Crippen MR) is 70.2 cm³/mol. The lowest BCUT2D eigenvalue weighted by molar-refractivity contribution is -0.173. The molecule has 0 saturated carbocycles. The van der Waals surface area contributed by atoms with Gasteiger partial charge in [-0.1, -0.05) is 0 Å². The number of hydrogen-bond donors (Lipinski definition) is 4. The van der Waals surface area contributed by atoms with Crippen molar-refractivity contribution in [1.29, 1.82) is 0 Å². The fraction of sp³-hybridized carbons (Fsp3) is 0.750. The molecule has 0 spiro atoms. The van der Waals surface area contributed by atoms with Crippen molar-refractivity contribution < 1.29 is 43.9 Å². The average Bonchev–Trinajstić information content (AvgIpc) is 2.51. The van der Waals surface area contributed by atoms with Crippen LogP contribution in [0.4, 0.5) is 0 Å². The molecule has 0 saturated heterocycles. The molecule has 0 aliphatic heterocycles. The molecule has 0 unspecified atom stereocenters. The molecule has 0 aromatic rings. The molecule has 0 amide bonds. The molecule has 10 heteroatoms. The fourth-order valence-electron chi connectivity index (χ4n) is 1.53. The van der Waals surface area contributed by atoms with Crippen LogP contribution in [-0.2, 0) is 28.6 Å². The van der Waals surface area contributed by atoms with E-state index in [-0.39, 0.29) is 19.1 Å². The number of nitrogens with two attached hydrogens (primary N) is 1. The molecule has 5 N–H and O–H groups in total. The van der Waals surface area contributed by atoms with E-state index in [0.717, 1.165) is 14.2 Å². The number of rotatable bonds is 10. The SMILES string of the molecule is COC(=O)CCC(=O)O[C@@H](N)[C@@H](O)[C@@H](O)[C@H](OC)[C@@H](O)C=O. The van der Waals surface area contributed by atoms with Crippen LogP contribution < -0.4 is 5.73 Å². The van der Waals surface area contributed by atoms with Crippen LogP contribution in [0.1, 0.15) is 12.8 Å². The molecule has 0 aromatic heterocycles. The second-order valence-corrected chi connectivity index (χ2v) is 4.34. The summed E-state index contributed by atoms with van der Waals surface area (Å²) in [7, 11) is 2.25. The molecule has 0 radical (unpaired) electrons. The van der Waals surface area contributed by atoms with Crippen molar-refractivity contribution in [2.45, 2.75) is 43.5 Å². The highest BCUT2D eigenvalue weighted by Crippen LogP contribution is 2.11. The van der Waals surface area contributed by atoms with Crippen LogP contribution in [-0.4, -0.2) is 78.4 Å². The summed E-state index contributed by atoms with van der Waals surface area (Å²) in [4.78, 5) is 32.7. The largest absolute Gasteiger partial charge is 0.469 e. The van der Waals surface area contributed by atoms with Gasteiger partial charge in [-0.2, -0.15) is 0 Å². The third-order valence-electron chi connectivity index (χ3n) is 2.80. The maximum absolute atomic E-state index is 11.4. The van der Waals surface area contributed by atoms with Gasteiger partial charge in [0.15, 0.2) is 12.5 Å². The second-order valence-electron chi connectivity index (χ2n) is 4.34. The van der Waals surface area contributed by atoms with E-state index in [1.54, 1.807) is 0 Å². The Balaban J connectivity index is 4.51. The van der Waals surface area contributed by atoms with E-state index in [1.807, 2.05) is 0 Å². The van der Waals surface area contributed by atoms with Gasteiger partial charge in [0.1, 0.15) is 24.4 Å². The molecule has 0 aliphatic rings. The van der Waals surface area contributed by atoms with Crippen LogP contribution in [0, 0.1) is 0 Å². The molecule has 128 valence electrons. The first-order chi connectivity index (χ1) is 10.3. The highest BCUT2D eigenvalue weighted by atomic mass is 16.6. The monoisotopic (exact) mass is 323 g/mol. The van der Waals surface area contributed by atoms with E-state index in [1.165, 1.54) is 0 Å². The maximum atomic E-state index is 11.4. The van der Waals surface area contributed by atoms with Crippen molar-refractivity contribution in [3.63, 3.8) is 0 Å². The smallest absolute Gasteiger partial charge is 0.308 e. The lowest BCUT2D eigenvalue weighted by Gasteiger charge is -2.29. The van der Waals surface area contributed by atoms with Gasteiger partial charge in [0.25, 0.3) is 0 Å². The summed E-state index contributed by atoms with van der Waals surface area (Å²) in [5, 5.41) is 28.8. The quantitative estimate of drug-likeness (QED) is 0.186. The van der Waals surface area contributed by atoms with Crippen molar-refractivity contribution in [1.82, 2.24) is 0 Å². The molecule has 0 bridgehead atoms. The summed E-state index contributed by atoms with van der Waals surface area (Å²) in [6, 6.07) is 0. The maximum Gasteiger partial charge on any atom is 0.308 e. The number of carbonyl (C=O) groups is 3. The van der Waals surface area contributed by atoms with Gasteiger partial charge in [-0.15, -0.1) is 0 Å². The number of esters is 2. The Kier molecular flexibility index (Phi) is 9.45. The van der Waals surface area contributed by atoms with E-state index >= 15 is 0 Å². The van der Waals surface area contributed by atoms with E-state index in [4.69, 9.17) is 5.73 Å². The van der Waals surface area contributed by atoms with E-state index in [2.05, 4.69) is 14.2 Å². The van der Waals surface area contributed by atoms with Crippen LogP contribution in [0.3, 0.4) is 0 Å². The number of methoxy groups -OCH3 is 2. The third kappa shape index (κ3) is 6.45. The van der Waals surface area contributed by atoms with Crippen molar-refractivity contribution in [3.8, 4) is 0 Å². The van der Waals surface area contributed by atoms with Crippen molar-refractivity contribution in [2.24, 2.45) is 5.73 Å². The summed E-state index contributed by atoms with van der Waals surface area (Å²) < 4.78 is 13.6. The van der Waals surface area contributed by atoms with Crippen LogP contribution in [0.15, 0.2) is 0 Å². The van der Waals surface area contributed by atoms with Crippen LogP contribution in [0.2, 0.25) is 0 Å². The number of carbonyl (C=O) groups excluding carboxylic acids is 3. The molecule has 0 aliphatic carbocycles. The van der Waals surface area contributed by atoms with Gasteiger partial charge in [-0.3, -0.25) is 15.3 Å². The zero-order valence-corrected chi connectivity index (χ0v) is 12.2. The molecule has 0 heterocycles. The summed E-state index contributed by atoms with van der Waals surface area (Å²) in [6.45, 7) is 0. The van der Waals surface area contributed by atoms with Crippen molar-refractivity contribution >= 4 is 18.2 Å². The van der Waals surface area contributed by atoms with Gasteiger partial charge >= 0.3 is 11.9 Å². The molecular weight excluding hydrogens is 302 g/mol. The van der Waals surface area contributed by atoms with Crippen molar-refractivity contribution in [2.75, 3.05) is 14.2 Å². The topological polar surface area (TPSA) is 166 Å². The van der Waals surface area contributed by atoms with E-state index in [9.17, 15) is 29.7 Å². The first kappa shape index (κ1) is 20.4. The highest BCUT2D eigenvalue weighted by Gasteiger charge is 2.36.